The first kappa shape index (κ1) is 17.2. The Morgan fingerprint density at radius 3 is 2.82 bits per heavy atom. The predicted octanol–water partition coefficient (Wildman–Crippen LogP) is 3.32. The average Bonchev–Trinajstić information content (AvgIpc) is 2.56. The number of carbonyl (C=O) groups excluding carboxylic acids is 2. The molecule has 0 saturated heterocycles. The maximum Gasteiger partial charge on any atom is 0.330 e. The zero-order valence-corrected chi connectivity index (χ0v) is 12.5. The molecule has 3 nitrogen and oxygen atoms in total. The first-order chi connectivity index (χ1) is 10.7. The Morgan fingerprint density at radius 2 is 2.14 bits per heavy atom. The molecule has 0 fully saturated rings. The van der Waals surface area contributed by atoms with Gasteiger partial charge in [-0.15, -0.1) is 0 Å². The van der Waals surface area contributed by atoms with Crippen molar-refractivity contribution in [2.45, 2.75) is 12.8 Å². The van der Waals surface area contributed by atoms with Crippen LogP contribution in [0.25, 0.3) is 5.57 Å². The highest BCUT2D eigenvalue weighted by Crippen LogP contribution is 2.19. The maximum absolute atomic E-state index is 10.9. The lowest BCUT2D eigenvalue weighted by molar-refractivity contribution is -0.134. The second-order valence-corrected chi connectivity index (χ2v) is 4.27. The lowest BCUT2D eigenvalue weighted by Gasteiger charge is -2.04. The van der Waals surface area contributed by atoms with Crippen molar-refractivity contribution in [2.24, 2.45) is 0 Å². The van der Waals surface area contributed by atoms with E-state index in [2.05, 4.69) is 23.2 Å². The number of hydrogen-bond acceptors (Lipinski definition) is 3. The second-order valence-electron chi connectivity index (χ2n) is 4.27. The van der Waals surface area contributed by atoms with Crippen molar-refractivity contribution in [1.82, 2.24) is 0 Å². The van der Waals surface area contributed by atoms with Gasteiger partial charge >= 0.3 is 5.97 Å². The first-order valence-electron chi connectivity index (χ1n) is 6.83. The molecule has 0 bridgehead atoms. The molecule has 0 unspecified atom stereocenters. The predicted molar refractivity (Wildman–Crippen MR) is 87.9 cm³/mol. The van der Waals surface area contributed by atoms with Gasteiger partial charge in [0.1, 0.15) is 6.29 Å². The Hall–Kier alpha value is -2.86. The minimum absolute atomic E-state index is 0.368. The summed E-state index contributed by atoms with van der Waals surface area (Å²) >= 11 is 0. The van der Waals surface area contributed by atoms with Crippen LogP contribution in [0.2, 0.25) is 0 Å². The van der Waals surface area contributed by atoms with Gasteiger partial charge in [0, 0.05) is 18.1 Å². The Bertz CT molecular complexity index is 655. The van der Waals surface area contributed by atoms with E-state index in [0.717, 1.165) is 23.0 Å². The Labute approximate surface area is 131 Å². The zero-order valence-electron chi connectivity index (χ0n) is 12.5. The molecule has 1 rings (SSSR count). The second kappa shape index (κ2) is 9.95. The summed E-state index contributed by atoms with van der Waals surface area (Å²) in [6, 6.07) is 7.58. The lowest BCUT2D eigenvalue weighted by Crippen LogP contribution is -1.93. The van der Waals surface area contributed by atoms with Gasteiger partial charge in [-0.05, 0) is 29.7 Å². The molecule has 0 radical (unpaired) electrons. The number of carbonyl (C=O) groups is 2. The zero-order chi connectivity index (χ0) is 16.2. The minimum atomic E-state index is -0.368. The monoisotopic (exact) mass is 294 g/mol. The minimum Gasteiger partial charge on any atom is -0.466 e. The number of rotatable bonds is 6. The van der Waals surface area contributed by atoms with Crippen molar-refractivity contribution in [1.29, 1.82) is 0 Å². The highest BCUT2D eigenvalue weighted by molar-refractivity contribution is 5.87. The summed E-state index contributed by atoms with van der Waals surface area (Å²) in [5, 5.41) is 0. The van der Waals surface area contributed by atoms with Gasteiger partial charge < -0.3 is 4.74 Å². The smallest absolute Gasteiger partial charge is 0.330 e. The quantitative estimate of drug-likeness (QED) is 0.202. The van der Waals surface area contributed by atoms with E-state index in [1.165, 1.54) is 19.3 Å². The molecule has 0 amide bonds. The molecule has 0 saturated carbocycles. The van der Waals surface area contributed by atoms with Crippen molar-refractivity contribution >= 4 is 17.8 Å². The fourth-order valence-corrected chi connectivity index (χ4v) is 1.75. The van der Waals surface area contributed by atoms with Crippen LogP contribution in [-0.2, 0) is 14.3 Å². The van der Waals surface area contributed by atoms with Crippen LogP contribution >= 0.6 is 0 Å². The molecule has 0 heterocycles. The Morgan fingerprint density at radius 1 is 1.36 bits per heavy atom. The van der Waals surface area contributed by atoms with Crippen LogP contribution in [-0.4, -0.2) is 19.4 Å². The standard InChI is InChI=1S/C19H18O3/c1-3-16(14-15-20)18-12-9-8-11-17(18)10-6-4-5-7-13-19(21)22-2/h3,7-9,11-15H,1,4-5H2,2H3/b13-7+,16-14+. The third-order valence-electron chi connectivity index (χ3n) is 2.82. The lowest BCUT2D eigenvalue weighted by atomic mass is 9.99. The van der Waals surface area contributed by atoms with Crippen LogP contribution in [0, 0.1) is 11.8 Å². The van der Waals surface area contributed by atoms with E-state index in [1.807, 2.05) is 24.3 Å². The van der Waals surface area contributed by atoms with E-state index in [4.69, 9.17) is 0 Å². The van der Waals surface area contributed by atoms with Crippen LogP contribution in [0.4, 0.5) is 0 Å². The molecule has 0 aliphatic heterocycles. The van der Waals surface area contributed by atoms with E-state index >= 15 is 0 Å². The number of allylic oxidation sites excluding steroid dienone is 4. The van der Waals surface area contributed by atoms with Gasteiger partial charge in [-0.1, -0.05) is 48.8 Å². The summed E-state index contributed by atoms with van der Waals surface area (Å²) in [7, 11) is 1.34. The van der Waals surface area contributed by atoms with Gasteiger partial charge in [0.2, 0.25) is 0 Å². The summed E-state index contributed by atoms with van der Waals surface area (Å²) in [5.74, 6) is 5.77. The molecular weight excluding hydrogens is 276 g/mol. The number of hydrogen-bond donors (Lipinski definition) is 0. The molecular formula is C19H18O3. The number of unbranched alkanes of at least 4 members (excludes halogenated alkanes) is 1. The van der Waals surface area contributed by atoms with Crippen molar-refractivity contribution in [3.05, 3.63) is 66.3 Å². The number of aldehydes is 1. The Kier molecular flexibility index (Phi) is 7.78. The summed E-state index contributed by atoms with van der Waals surface area (Å²) in [5.41, 5.74) is 2.46. The topological polar surface area (TPSA) is 43.4 Å². The summed E-state index contributed by atoms with van der Waals surface area (Å²) < 4.78 is 4.50. The molecule has 112 valence electrons. The van der Waals surface area contributed by atoms with Gasteiger partial charge in [-0.25, -0.2) is 4.79 Å². The van der Waals surface area contributed by atoms with Crippen LogP contribution < -0.4 is 0 Å². The average molecular weight is 294 g/mol. The van der Waals surface area contributed by atoms with Gasteiger partial charge in [-0.3, -0.25) is 4.79 Å². The third-order valence-corrected chi connectivity index (χ3v) is 2.82. The molecule has 1 aromatic carbocycles. The molecule has 0 spiro atoms. The molecule has 1 aromatic rings. The highest BCUT2D eigenvalue weighted by Gasteiger charge is 2.01. The van der Waals surface area contributed by atoms with Crippen molar-refractivity contribution < 1.29 is 14.3 Å². The SMILES string of the molecule is C=C/C(=C\C=O)c1ccccc1C#CCC/C=C/C(=O)OC. The van der Waals surface area contributed by atoms with E-state index in [1.54, 1.807) is 12.2 Å². The molecule has 0 aliphatic carbocycles. The van der Waals surface area contributed by atoms with E-state index in [9.17, 15) is 9.59 Å². The third kappa shape index (κ3) is 5.64. The number of methoxy groups -OCH3 is 1. The summed E-state index contributed by atoms with van der Waals surface area (Å²) in [6.07, 6.45) is 8.25. The van der Waals surface area contributed by atoms with Gasteiger partial charge in [-0.2, -0.15) is 0 Å². The van der Waals surface area contributed by atoms with E-state index in [0.29, 0.717) is 12.8 Å². The molecule has 22 heavy (non-hydrogen) atoms. The summed E-state index contributed by atoms with van der Waals surface area (Å²) in [4.78, 5) is 21.6. The number of esters is 1. The van der Waals surface area contributed by atoms with Crippen molar-refractivity contribution in [2.75, 3.05) is 7.11 Å². The molecule has 0 aromatic heterocycles. The number of benzene rings is 1. The summed E-state index contributed by atoms with van der Waals surface area (Å²) in [6.45, 7) is 3.71. The van der Waals surface area contributed by atoms with Crippen LogP contribution in [0.15, 0.2) is 55.1 Å². The normalized spacial score (nSPS) is 10.7. The number of ether oxygens (including phenoxy) is 1. The fourth-order valence-electron chi connectivity index (χ4n) is 1.75. The van der Waals surface area contributed by atoms with E-state index < -0.39 is 0 Å². The molecule has 0 N–H and O–H groups in total. The van der Waals surface area contributed by atoms with E-state index in [-0.39, 0.29) is 5.97 Å². The fraction of sp³-hybridized carbons (Fsp3) is 0.158. The molecule has 3 heteroatoms. The van der Waals surface area contributed by atoms with Gasteiger partial charge in [0.15, 0.2) is 0 Å². The maximum atomic E-state index is 10.9. The molecule has 0 aliphatic rings. The largest absolute Gasteiger partial charge is 0.466 e. The van der Waals surface area contributed by atoms with Crippen molar-refractivity contribution in [3.8, 4) is 11.8 Å². The molecule has 0 atom stereocenters. The van der Waals surface area contributed by atoms with Crippen LogP contribution in [0.1, 0.15) is 24.0 Å². The first-order valence-corrected chi connectivity index (χ1v) is 6.83. The van der Waals surface area contributed by atoms with Gasteiger partial charge in [0.05, 0.1) is 7.11 Å². The van der Waals surface area contributed by atoms with Crippen LogP contribution in [0.5, 0.6) is 0 Å². The van der Waals surface area contributed by atoms with Gasteiger partial charge in [0.25, 0.3) is 0 Å². The van der Waals surface area contributed by atoms with Crippen molar-refractivity contribution in [3.63, 3.8) is 0 Å². The Balaban J connectivity index is 2.79. The highest BCUT2D eigenvalue weighted by atomic mass is 16.5. The van der Waals surface area contributed by atoms with Crippen LogP contribution in [0.3, 0.4) is 0 Å².